The fraction of sp³-hybridized carbons (Fsp3) is 0.263. The lowest BCUT2D eigenvalue weighted by molar-refractivity contribution is 0.0935. The summed E-state index contributed by atoms with van der Waals surface area (Å²) in [6, 6.07) is 10.6. The Bertz CT molecular complexity index is 845. The maximum atomic E-state index is 12.6. The third kappa shape index (κ3) is 4.85. The highest BCUT2D eigenvalue weighted by Gasteiger charge is 2.21. The average Bonchev–Trinajstić information content (AvgIpc) is 3.04. The summed E-state index contributed by atoms with van der Waals surface area (Å²) in [5, 5.41) is 8.78. The van der Waals surface area contributed by atoms with Crippen molar-refractivity contribution in [2.45, 2.75) is 18.9 Å². The zero-order valence-electron chi connectivity index (χ0n) is 14.2. The maximum absolute atomic E-state index is 12.6. The van der Waals surface area contributed by atoms with Gasteiger partial charge in [-0.3, -0.25) is 4.79 Å². The number of nitrogens with one attached hydrogen (secondary N) is 3. The molecule has 1 aromatic heterocycles. The van der Waals surface area contributed by atoms with Crippen molar-refractivity contribution in [2.24, 2.45) is 5.73 Å². The smallest absolute Gasteiger partial charge is 0.316 e. The molecule has 0 spiro atoms. The summed E-state index contributed by atoms with van der Waals surface area (Å²) in [4.78, 5) is 25.0. The molecule has 2 heterocycles. The predicted octanol–water partition coefficient (Wildman–Crippen LogP) is 2.12. The van der Waals surface area contributed by atoms with Crippen LogP contribution in [0.1, 0.15) is 33.0 Å². The Morgan fingerprint density at radius 3 is 2.73 bits per heavy atom. The van der Waals surface area contributed by atoms with E-state index >= 15 is 0 Å². The van der Waals surface area contributed by atoms with Crippen LogP contribution in [0.5, 0.6) is 0 Å². The monoisotopic (exact) mass is 368 g/mol. The molecule has 134 valence electrons. The first-order chi connectivity index (χ1) is 12.6. The Hall–Kier alpha value is -2.82. The normalized spacial score (nSPS) is 16.2. The van der Waals surface area contributed by atoms with E-state index in [9.17, 15) is 9.59 Å². The fourth-order valence-electron chi connectivity index (χ4n) is 2.73. The first-order valence-electron chi connectivity index (χ1n) is 8.41. The zero-order chi connectivity index (χ0) is 18.4. The molecule has 1 atom stereocenters. The number of anilines is 1. The average molecular weight is 368 g/mol. The number of amides is 3. The van der Waals surface area contributed by atoms with Gasteiger partial charge in [-0.2, -0.15) is 0 Å². The number of thiophene rings is 1. The highest BCUT2D eigenvalue weighted by atomic mass is 32.1. The Morgan fingerprint density at radius 2 is 2.04 bits per heavy atom. The van der Waals surface area contributed by atoms with Gasteiger partial charge in [-0.1, -0.05) is 30.0 Å². The standard InChI is InChI=1S/C19H20N4O2S/c20-19(25)23-16-11-15(9-8-13-5-2-1-3-6-13)26-17(16)18(24)22-14-7-4-10-21-12-14/h1-3,5-6,11,14,21H,4,7,10,12H2,(H,22,24)(H3,20,23,25). The number of hydrogen-bond donors (Lipinski definition) is 4. The molecule has 1 aliphatic heterocycles. The second-order valence-electron chi connectivity index (χ2n) is 5.98. The number of rotatable bonds is 3. The molecule has 3 amide bonds. The molecule has 1 saturated heterocycles. The number of urea groups is 1. The summed E-state index contributed by atoms with van der Waals surface area (Å²) in [5.74, 6) is 5.87. The van der Waals surface area contributed by atoms with Gasteiger partial charge < -0.3 is 21.7 Å². The summed E-state index contributed by atoms with van der Waals surface area (Å²) in [6.45, 7) is 1.72. The lowest BCUT2D eigenvalue weighted by Crippen LogP contribution is -2.45. The molecular formula is C19H20N4O2S. The van der Waals surface area contributed by atoms with E-state index in [1.807, 2.05) is 30.3 Å². The minimum absolute atomic E-state index is 0.0821. The van der Waals surface area contributed by atoms with E-state index in [2.05, 4.69) is 27.8 Å². The van der Waals surface area contributed by atoms with Crippen LogP contribution in [-0.2, 0) is 0 Å². The molecule has 0 saturated carbocycles. The third-order valence-corrected chi connectivity index (χ3v) is 4.98. The van der Waals surface area contributed by atoms with E-state index in [1.165, 1.54) is 11.3 Å². The van der Waals surface area contributed by atoms with Gasteiger partial charge in [0.2, 0.25) is 0 Å². The van der Waals surface area contributed by atoms with Gasteiger partial charge >= 0.3 is 6.03 Å². The van der Waals surface area contributed by atoms with Crippen molar-refractivity contribution in [2.75, 3.05) is 18.4 Å². The number of carbonyl (C=O) groups is 2. The Labute approximate surface area is 156 Å². The minimum Gasteiger partial charge on any atom is -0.351 e. The van der Waals surface area contributed by atoms with Crippen LogP contribution in [0.3, 0.4) is 0 Å². The van der Waals surface area contributed by atoms with Crippen LogP contribution in [0.15, 0.2) is 36.4 Å². The van der Waals surface area contributed by atoms with Gasteiger partial charge in [0.25, 0.3) is 5.91 Å². The van der Waals surface area contributed by atoms with Gasteiger partial charge in [-0.15, -0.1) is 11.3 Å². The first kappa shape index (κ1) is 18.0. The van der Waals surface area contributed by atoms with Crippen molar-refractivity contribution in [1.82, 2.24) is 10.6 Å². The van der Waals surface area contributed by atoms with Gasteiger partial charge in [0, 0.05) is 18.2 Å². The van der Waals surface area contributed by atoms with Crippen LogP contribution in [-0.4, -0.2) is 31.1 Å². The summed E-state index contributed by atoms with van der Waals surface area (Å²) in [7, 11) is 0. The maximum Gasteiger partial charge on any atom is 0.316 e. The van der Waals surface area contributed by atoms with E-state index < -0.39 is 6.03 Å². The minimum atomic E-state index is -0.709. The number of piperidine rings is 1. The lowest BCUT2D eigenvalue weighted by atomic mass is 10.1. The highest BCUT2D eigenvalue weighted by Crippen LogP contribution is 2.27. The van der Waals surface area contributed by atoms with Crippen molar-refractivity contribution in [3.8, 4) is 11.8 Å². The van der Waals surface area contributed by atoms with E-state index in [4.69, 9.17) is 5.73 Å². The SMILES string of the molecule is NC(=O)Nc1cc(C#Cc2ccccc2)sc1C(=O)NC1CCCNC1. The third-order valence-electron chi connectivity index (χ3n) is 3.93. The zero-order valence-corrected chi connectivity index (χ0v) is 15.0. The molecule has 0 radical (unpaired) electrons. The van der Waals surface area contributed by atoms with Crippen molar-refractivity contribution in [1.29, 1.82) is 0 Å². The second-order valence-corrected chi connectivity index (χ2v) is 7.03. The van der Waals surface area contributed by atoms with Crippen LogP contribution < -0.4 is 21.7 Å². The number of hydrogen-bond acceptors (Lipinski definition) is 4. The lowest BCUT2D eigenvalue weighted by Gasteiger charge is -2.23. The van der Waals surface area contributed by atoms with Crippen LogP contribution in [0.2, 0.25) is 0 Å². The van der Waals surface area contributed by atoms with Crippen LogP contribution >= 0.6 is 11.3 Å². The van der Waals surface area contributed by atoms with Crippen molar-refractivity contribution < 1.29 is 9.59 Å². The molecule has 5 N–H and O–H groups in total. The second kappa shape index (κ2) is 8.52. The van der Waals surface area contributed by atoms with E-state index in [1.54, 1.807) is 6.07 Å². The first-order valence-corrected chi connectivity index (χ1v) is 9.22. The molecule has 1 aromatic carbocycles. The molecule has 6 nitrogen and oxygen atoms in total. The summed E-state index contributed by atoms with van der Waals surface area (Å²) < 4.78 is 0. The number of carbonyl (C=O) groups excluding carboxylic acids is 2. The number of nitrogens with two attached hydrogens (primary N) is 1. The predicted molar refractivity (Wildman–Crippen MR) is 103 cm³/mol. The molecule has 3 rings (SSSR count). The largest absolute Gasteiger partial charge is 0.351 e. The Morgan fingerprint density at radius 1 is 1.23 bits per heavy atom. The molecule has 26 heavy (non-hydrogen) atoms. The topological polar surface area (TPSA) is 96.2 Å². The van der Waals surface area contributed by atoms with Gasteiger partial charge in [0.15, 0.2) is 0 Å². The van der Waals surface area contributed by atoms with Gasteiger partial charge in [0.05, 0.1) is 10.6 Å². The van der Waals surface area contributed by atoms with Gasteiger partial charge in [0.1, 0.15) is 4.88 Å². The van der Waals surface area contributed by atoms with Gasteiger partial charge in [-0.25, -0.2) is 4.79 Å². The summed E-state index contributed by atoms with van der Waals surface area (Å²) >= 11 is 1.24. The van der Waals surface area contributed by atoms with Crippen LogP contribution in [0, 0.1) is 11.8 Å². The van der Waals surface area contributed by atoms with E-state index in [0.29, 0.717) is 15.4 Å². The quantitative estimate of drug-likeness (QED) is 0.625. The highest BCUT2D eigenvalue weighted by molar-refractivity contribution is 7.15. The van der Waals surface area contributed by atoms with Gasteiger partial charge in [-0.05, 0) is 37.6 Å². The molecule has 1 unspecified atom stereocenters. The molecule has 1 fully saturated rings. The van der Waals surface area contributed by atoms with Crippen molar-refractivity contribution in [3.05, 3.63) is 51.7 Å². The molecule has 7 heteroatoms. The van der Waals surface area contributed by atoms with Crippen molar-refractivity contribution >= 4 is 29.0 Å². The molecule has 1 aliphatic rings. The van der Waals surface area contributed by atoms with Crippen LogP contribution in [0.25, 0.3) is 0 Å². The number of primary amides is 1. The molecule has 2 aromatic rings. The number of benzene rings is 1. The Kier molecular flexibility index (Phi) is 5.89. The van der Waals surface area contributed by atoms with E-state index in [-0.39, 0.29) is 11.9 Å². The molecular weight excluding hydrogens is 348 g/mol. The van der Waals surface area contributed by atoms with E-state index in [0.717, 1.165) is 31.5 Å². The summed E-state index contributed by atoms with van der Waals surface area (Å²) in [5.41, 5.74) is 6.50. The Balaban J connectivity index is 1.81. The molecule has 0 aliphatic carbocycles. The fourth-order valence-corrected chi connectivity index (χ4v) is 3.60. The molecule has 0 bridgehead atoms. The van der Waals surface area contributed by atoms with Crippen molar-refractivity contribution in [3.63, 3.8) is 0 Å². The van der Waals surface area contributed by atoms with Crippen LogP contribution in [0.4, 0.5) is 10.5 Å². The summed E-state index contributed by atoms with van der Waals surface area (Å²) in [6.07, 6.45) is 1.96.